The highest BCUT2D eigenvalue weighted by Crippen LogP contribution is 2.54. The zero-order valence-electron chi connectivity index (χ0n) is 27.7. The molecule has 2 aliphatic heterocycles. The highest BCUT2D eigenvalue weighted by molar-refractivity contribution is 7.99. The first-order chi connectivity index (χ1) is 21.9. The minimum Gasteiger partial charge on any atom is -0.444 e. The summed E-state index contributed by atoms with van der Waals surface area (Å²) in [5.41, 5.74) is -1.19. The van der Waals surface area contributed by atoms with E-state index in [4.69, 9.17) is 9.47 Å². The Balaban J connectivity index is 1.50. The Morgan fingerprint density at radius 2 is 1.55 bits per heavy atom. The number of ether oxygens (including phenoxy) is 2. The molecule has 2 fully saturated rings. The predicted molar refractivity (Wildman–Crippen MR) is 176 cm³/mol. The predicted octanol–water partition coefficient (Wildman–Crippen LogP) is 8.87. The van der Waals surface area contributed by atoms with Crippen LogP contribution in [0.5, 0.6) is 0 Å². The van der Waals surface area contributed by atoms with Crippen LogP contribution in [0.4, 0.5) is 45.5 Å². The molecular weight excluding hydrogens is 633 g/mol. The molecule has 1 saturated carbocycles. The fourth-order valence-corrected chi connectivity index (χ4v) is 7.29. The summed E-state index contributed by atoms with van der Waals surface area (Å²) in [7, 11) is 0. The van der Waals surface area contributed by atoms with Crippen molar-refractivity contribution >= 4 is 52.6 Å². The summed E-state index contributed by atoms with van der Waals surface area (Å²) in [5.74, 6) is -1.08. The second-order valence-corrected chi connectivity index (χ2v) is 15.4. The van der Waals surface area contributed by atoms with E-state index in [9.17, 15) is 27.6 Å². The molecule has 2 heterocycles. The number of anilines is 4. The van der Waals surface area contributed by atoms with Crippen LogP contribution >= 0.6 is 11.8 Å². The number of nitrogens with zero attached hydrogens (tertiary/aromatic N) is 2. The molecule has 0 spiro atoms. The molecule has 2 unspecified atom stereocenters. The number of rotatable bonds is 4. The molecule has 9 nitrogen and oxygen atoms in total. The van der Waals surface area contributed by atoms with Crippen LogP contribution in [0.2, 0.25) is 0 Å². The summed E-state index contributed by atoms with van der Waals surface area (Å²) in [6.45, 7) is 12.1. The van der Waals surface area contributed by atoms with E-state index in [1.807, 2.05) is 12.1 Å². The van der Waals surface area contributed by atoms with Crippen molar-refractivity contribution in [1.29, 1.82) is 0 Å². The van der Waals surface area contributed by atoms with Crippen molar-refractivity contribution in [1.82, 2.24) is 5.32 Å². The first-order valence-corrected chi connectivity index (χ1v) is 16.9. The molecule has 1 aliphatic carbocycles. The number of alkyl halides is 3. The van der Waals surface area contributed by atoms with Crippen molar-refractivity contribution in [2.45, 2.75) is 113 Å². The van der Waals surface area contributed by atoms with Crippen LogP contribution < -0.4 is 20.4 Å². The summed E-state index contributed by atoms with van der Waals surface area (Å²) >= 11 is 1.12. The van der Waals surface area contributed by atoms with Crippen LogP contribution in [0, 0.1) is 5.92 Å². The van der Waals surface area contributed by atoms with Crippen LogP contribution in [0.15, 0.2) is 40.1 Å². The lowest BCUT2D eigenvalue weighted by Crippen LogP contribution is -2.43. The molecule has 0 aromatic heterocycles. The zero-order valence-corrected chi connectivity index (χ0v) is 28.5. The van der Waals surface area contributed by atoms with Gasteiger partial charge in [-0.05, 0) is 104 Å². The van der Waals surface area contributed by atoms with Crippen molar-refractivity contribution in [3.05, 3.63) is 35.9 Å². The van der Waals surface area contributed by atoms with Crippen LogP contribution in [-0.4, -0.2) is 48.4 Å². The minimum atomic E-state index is -4.71. The van der Waals surface area contributed by atoms with Gasteiger partial charge in [-0.15, -0.1) is 0 Å². The lowest BCUT2D eigenvalue weighted by molar-refractivity contribution is -0.137. The maximum absolute atomic E-state index is 14.3. The van der Waals surface area contributed by atoms with Crippen molar-refractivity contribution in [3.8, 4) is 0 Å². The van der Waals surface area contributed by atoms with Gasteiger partial charge in [-0.2, -0.15) is 13.2 Å². The monoisotopic (exact) mass is 676 g/mol. The molecule has 3 amide bonds. The lowest BCUT2D eigenvalue weighted by Gasteiger charge is -2.35. The number of carbonyl (C=O) groups is 3. The largest absolute Gasteiger partial charge is 0.444 e. The molecule has 0 bridgehead atoms. The van der Waals surface area contributed by atoms with Gasteiger partial charge in [-0.1, -0.05) is 18.2 Å². The van der Waals surface area contributed by atoms with Crippen LogP contribution in [0.3, 0.4) is 0 Å². The van der Waals surface area contributed by atoms with E-state index in [1.165, 1.54) is 4.90 Å². The molecular formula is C34H43F3N4O5S. The number of halogens is 3. The molecule has 47 heavy (non-hydrogen) atoms. The maximum atomic E-state index is 14.3. The third kappa shape index (κ3) is 8.46. The first kappa shape index (κ1) is 34.7. The molecule has 2 atom stereocenters. The number of alkyl carbamates (subject to hydrolysis) is 1. The zero-order chi connectivity index (χ0) is 34.3. The van der Waals surface area contributed by atoms with Gasteiger partial charge in [0, 0.05) is 40.5 Å². The van der Waals surface area contributed by atoms with Crippen molar-refractivity contribution < 1.29 is 37.0 Å². The average molecular weight is 677 g/mol. The van der Waals surface area contributed by atoms with E-state index >= 15 is 0 Å². The third-order valence-corrected chi connectivity index (χ3v) is 9.18. The molecule has 2 N–H and O–H groups in total. The Morgan fingerprint density at radius 3 is 2.19 bits per heavy atom. The summed E-state index contributed by atoms with van der Waals surface area (Å²) in [6.07, 6.45) is -1.92. The number of amides is 3. The molecule has 5 rings (SSSR count). The Labute approximate surface area is 277 Å². The minimum absolute atomic E-state index is 0.117. The quantitative estimate of drug-likeness (QED) is 0.334. The van der Waals surface area contributed by atoms with Crippen molar-refractivity contribution in [2.75, 3.05) is 28.2 Å². The molecule has 3 aliphatic rings. The van der Waals surface area contributed by atoms with Crippen LogP contribution in [0.1, 0.15) is 85.6 Å². The number of nitrogens with one attached hydrogen (secondary N) is 2. The second-order valence-electron chi connectivity index (χ2n) is 14.3. The number of hydrogen-bond acceptors (Lipinski definition) is 7. The highest BCUT2D eigenvalue weighted by Gasteiger charge is 2.39. The number of hydrogen-bond donors (Lipinski definition) is 2. The number of carbonyl (C=O) groups excluding carboxylic acids is 3. The van der Waals surface area contributed by atoms with Gasteiger partial charge in [0.2, 0.25) is 5.91 Å². The van der Waals surface area contributed by atoms with Gasteiger partial charge in [0.25, 0.3) is 0 Å². The van der Waals surface area contributed by atoms with E-state index in [-0.39, 0.29) is 22.3 Å². The van der Waals surface area contributed by atoms with Gasteiger partial charge < -0.3 is 25.0 Å². The average Bonchev–Trinajstić information content (AvgIpc) is 3.48. The Bertz CT molecular complexity index is 1530. The molecule has 13 heteroatoms. The summed E-state index contributed by atoms with van der Waals surface area (Å²) in [6, 6.07) is 7.12. The van der Waals surface area contributed by atoms with Crippen molar-refractivity contribution in [2.24, 2.45) is 5.92 Å². The van der Waals surface area contributed by atoms with Crippen molar-refractivity contribution in [3.63, 3.8) is 0 Å². The number of benzene rings is 2. The lowest BCUT2D eigenvalue weighted by atomic mass is 9.85. The Morgan fingerprint density at radius 1 is 0.872 bits per heavy atom. The van der Waals surface area contributed by atoms with E-state index in [2.05, 4.69) is 15.5 Å². The van der Waals surface area contributed by atoms with Gasteiger partial charge in [0.15, 0.2) is 0 Å². The molecule has 0 radical (unpaired) electrons. The van der Waals surface area contributed by atoms with E-state index < -0.39 is 47.0 Å². The Hall–Kier alpha value is -3.61. The maximum Gasteiger partial charge on any atom is 0.419 e. The highest BCUT2D eigenvalue weighted by atomic mass is 32.2. The smallest absolute Gasteiger partial charge is 0.419 e. The topological polar surface area (TPSA) is 100 Å². The fraction of sp³-hybridized carbons (Fsp3) is 0.559. The summed E-state index contributed by atoms with van der Waals surface area (Å²) in [5, 5.41) is 5.56. The standard InChI is InChI=1S/C34H43F3N4O5S/c1-32(2,3)45-30(43)38-22-11-9-10-20(16-22)29(42)39-24-17-21(34(35,36)37)18-27-28(24)41(31(44)46-33(4,5)6)25-13-12-23(19-26(25)47-27)40-14-7-8-15-40/h12-13,17-20,22H,7-11,14-16H2,1-6H3,(H,38,43)(H,39,42). The Kier molecular flexibility index (Phi) is 9.69. The van der Waals surface area contributed by atoms with E-state index in [1.54, 1.807) is 47.6 Å². The van der Waals surface area contributed by atoms with Gasteiger partial charge >= 0.3 is 18.4 Å². The normalized spacial score (nSPS) is 19.9. The third-order valence-electron chi connectivity index (χ3n) is 8.10. The van der Waals surface area contributed by atoms with Gasteiger partial charge in [-0.3, -0.25) is 4.79 Å². The fourth-order valence-electron chi connectivity index (χ4n) is 6.12. The summed E-state index contributed by atoms with van der Waals surface area (Å²) in [4.78, 5) is 44.2. The van der Waals surface area contributed by atoms with E-state index in [0.717, 1.165) is 55.5 Å². The second kappa shape index (κ2) is 13.1. The SMILES string of the molecule is CC(C)(C)OC(=O)NC1CCCC(C(=O)Nc2cc(C(F)(F)F)cc3c2N(C(=O)OC(C)(C)C)c2ccc(N4CCCC4)cc2S3)C1. The molecule has 2 aromatic rings. The van der Waals surface area contributed by atoms with Crippen LogP contribution in [-0.2, 0) is 20.4 Å². The molecule has 1 saturated heterocycles. The first-order valence-electron chi connectivity index (χ1n) is 16.0. The van der Waals surface area contributed by atoms with Gasteiger partial charge in [0.1, 0.15) is 11.2 Å². The van der Waals surface area contributed by atoms with E-state index in [0.29, 0.717) is 36.3 Å². The molecule has 256 valence electrons. The van der Waals surface area contributed by atoms with Gasteiger partial charge in [-0.25, -0.2) is 14.5 Å². The van der Waals surface area contributed by atoms with Crippen LogP contribution in [0.25, 0.3) is 0 Å². The number of fused-ring (bicyclic) bond motifs is 2. The summed E-state index contributed by atoms with van der Waals surface area (Å²) < 4.78 is 54.0. The molecule has 2 aromatic carbocycles. The van der Waals surface area contributed by atoms with Gasteiger partial charge in [0.05, 0.1) is 22.6 Å².